The molecule has 0 saturated heterocycles. The monoisotopic (exact) mass is 419 g/mol. The second kappa shape index (κ2) is 6.99. The number of halogens is 1. The molecule has 26 heavy (non-hydrogen) atoms. The average molecular weight is 420 g/mol. The fraction of sp³-hybridized carbons (Fsp3) is 0.619. The Labute approximate surface area is 163 Å². The number of benzene rings is 1. The number of amides is 1. The number of nitrogens with one attached hydrogen (secondary N) is 1. The Morgan fingerprint density at radius 3 is 2.38 bits per heavy atom. The number of rotatable bonds is 5. The van der Waals surface area contributed by atoms with E-state index in [1.54, 1.807) is 18.2 Å². The van der Waals surface area contributed by atoms with Crippen LogP contribution >= 0.6 is 15.9 Å². The first-order valence-corrected chi connectivity index (χ1v) is 10.4. The number of carbonyl (C=O) groups excluding carboxylic acids is 2. The Bertz CT molecular complexity index is 682. The largest absolute Gasteiger partial charge is 0.452 e. The molecular weight excluding hydrogens is 394 g/mol. The molecular formula is C21H26BrNO3. The van der Waals surface area contributed by atoms with Crippen LogP contribution in [0.5, 0.6) is 0 Å². The first-order chi connectivity index (χ1) is 12.4. The number of hydrogen-bond acceptors (Lipinski definition) is 3. The third-order valence-electron chi connectivity index (χ3n) is 6.78. The molecule has 4 fully saturated rings. The lowest BCUT2D eigenvalue weighted by Crippen LogP contribution is -2.56. The molecule has 4 aliphatic carbocycles. The zero-order valence-electron chi connectivity index (χ0n) is 15.2. The van der Waals surface area contributed by atoms with Gasteiger partial charge in [-0.3, -0.25) is 4.79 Å². The predicted molar refractivity (Wildman–Crippen MR) is 103 cm³/mol. The van der Waals surface area contributed by atoms with Gasteiger partial charge in [-0.2, -0.15) is 0 Å². The van der Waals surface area contributed by atoms with Crippen LogP contribution in [0.4, 0.5) is 0 Å². The van der Waals surface area contributed by atoms with Gasteiger partial charge in [0, 0.05) is 10.5 Å². The highest BCUT2D eigenvalue weighted by atomic mass is 79.9. The Morgan fingerprint density at radius 1 is 1.19 bits per heavy atom. The summed E-state index contributed by atoms with van der Waals surface area (Å²) in [6, 6.07) is 7.14. The van der Waals surface area contributed by atoms with Gasteiger partial charge in [-0.15, -0.1) is 0 Å². The van der Waals surface area contributed by atoms with Gasteiger partial charge >= 0.3 is 5.97 Å². The molecule has 1 amide bonds. The van der Waals surface area contributed by atoms with Crippen LogP contribution in [0.1, 0.15) is 55.8 Å². The highest BCUT2D eigenvalue weighted by molar-refractivity contribution is 9.10. The summed E-state index contributed by atoms with van der Waals surface area (Å²) in [5.74, 6) is 1.90. The van der Waals surface area contributed by atoms with Gasteiger partial charge < -0.3 is 10.1 Å². The molecule has 4 nitrogen and oxygen atoms in total. The van der Waals surface area contributed by atoms with Crippen molar-refractivity contribution < 1.29 is 14.3 Å². The maximum Gasteiger partial charge on any atom is 0.338 e. The van der Waals surface area contributed by atoms with E-state index < -0.39 is 5.97 Å². The molecule has 1 aromatic carbocycles. The summed E-state index contributed by atoms with van der Waals surface area (Å²) < 4.78 is 6.00. The van der Waals surface area contributed by atoms with Gasteiger partial charge in [0.15, 0.2) is 6.61 Å². The second-order valence-corrected chi connectivity index (χ2v) is 9.57. The molecule has 0 aromatic heterocycles. The van der Waals surface area contributed by atoms with Crippen LogP contribution < -0.4 is 5.32 Å². The van der Waals surface area contributed by atoms with Gasteiger partial charge in [-0.25, -0.2) is 4.79 Å². The molecule has 0 radical (unpaired) electrons. The highest BCUT2D eigenvalue weighted by Crippen LogP contribution is 2.61. The average Bonchev–Trinajstić information content (AvgIpc) is 2.58. The summed E-state index contributed by atoms with van der Waals surface area (Å²) in [5, 5.41) is 3.13. The molecule has 0 aliphatic heterocycles. The first-order valence-electron chi connectivity index (χ1n) is 9.65. The van der Waals surface area contributed by atoms with E-state index >= 15 is 0 Å². The minimum absolute atomic E-state index is 0.146. The van der Waals surface area contributed by atoms with Crippen LogP contribution in [-0.4, -0.2) is 24.5 Å². The molecule has 140 valence electrons. The van der Waals surface area contributed by atoms with Crippen molar-refractivity contribution in [1.82, 2.24) is 5.32 Å². The van der Waals surface area contributed by atoms with Crippen LogP contribution in [0, 0.1) is 23.2 Å². The molecule has 4 bridgehead atoms. The van der Waals surface area contributed by atoms with E-state index in [0.717, 1.165) is 22.2 Å². The lowest BCUT2D eigenvalue weighted by Gasteiger charge is -2.59. The number of esters is 1. The van der Waals surface area contributed by atoms with Gasteiger partial charge in [0.05, 0.1) is 5.56 Å². The van der Waals surface area contributed by atoms with Crippen LogP contribution in [0.15, 0.2) is 28.7 Å². The van der Waals surface area contributed by atoms with E-state index in [9.17, 15) is 9.59 Å². The quantitative estimate of drug-likeness (QED) is 0.722. The highest BCUT2D eigenvalue weighted by Gasteiger charge is 2.53. The van der Waals surface area contributed by atoms with Crippen LogP contribution in [0.3, 0.4) is 0 Å². The van der Waals surface area contributed by atoms with Gasteiger partial charge in [0.1, 0.15) is 0 Å². The Hall–Kier alpha value is -1.36. The molecule has 1 N–H and O–H groups in total. The SMILES string of the molecule is C[C@H](NC(=O)COC(=O)c1cccc(Br)c1)C12CC3CC(CC(C3)C1)C2. The molecule has 4 aliphatic rings. The fourth-order valence-corrected chi connectivity index (χ4v) is 6.37. The van der Waals surface area contributed by atoms with Gasteiger partial charge in [0.25, 0.3) is 5.91 Å². The zero-order chi connectivity index (χ0) is 18.3. The molecule has 1 atom stereocenters. The lowest BCUT2D eigenvalue weighted by atomic mass is 9.48. The molecule has 5 rings (SSSR count). The second-order valence-electron chi connectivity index (χ2n) is 8.66. The third kappa shape index (κ3) is 3.55. The molecule has 1 aromatic rings. The van der Waals surface area contributed by atoms with E-state index in [1.807, 2.05) is 6.07 Å². The molecule has 0 unspecified atom stereocenters. The van der Waals surface area contributed by atoms with Crippen molar-refractivity contribution in [2.75, 3.05) is 6.61 Å². The fourth-order valence-electron chi connectivity index (χ4n) is 5.97. The predicted octanol–water partition coefficient (Wildman–Crippen LogP) is 4.33. The van der Waals surface area contributed by atoms with Crippen molar-refractivity contribution in [3.63, 3.8) is 0 Å². The maximum atomic E-state index is 12.4. The van der Waals surface area contributed by atoms with E-state index in [1.165, 1.54) is 38.5 Å². The summed E-state index contributed by atoms with van der Waals surface area (Å²) in [4.78, 5) is 24.4. The summed E-state index contributed by atoms with van der Waals surface area (Å²) >= 11 is 3.33. The van der Waals surface area contributed by atoms with Crippen molar-refractivity contribution in [1.29, 1.82) is 0 Å². The van der Waals surface area contributed by atoms with Gasteiger partial charge in [0.2, 0.25) is 0 Å². The minimum Gasteiger partial charge on any atom is -0.452 e. The number of carbonyl (C=O) groups is 2. The Balaban J connectivity index is 1.31. The van der Waals surface area contributed by atoms with Crippen molar-refractivity contribution in [3.05, 3.63) is 34.3 Å². The number of hydrogen-bond donors (Lipinski definition) is 1. The Morgan fingerprint density at radius 2 is 1.81 bits per heavy atom. The molecule has 5 heteroatoms. The van der Waals surface area contributed by atoms with Gasteiger partial charge in [-0.1, -0.05) is 22.0 Å². The van der Waals surface area contributed by atoms with Crippen molar-refractivity contribution in [3.8, 4) is 0 Å². The Kier molecular flexibility index (Phi) is 4.84. The smallest absolute Gasteiger partial charge is 0.338 e. The van der Waals surface area contributed by atoms with Crippen molar-refractivity contribution in [2.45, 2.75) is 51.5 Å². The van der Waals surface area contributed by atoms with Crippen LogP contribution in [-0.2, 0) is 9.53 Å². The van der Waals surface area contributed by atoms with Crippen LogP contribution in [0.25, 0.3) is 0 Å². The zero-order valence-corrected chi connectivity index (χ0v) is 16.8. The van der Waals surface area contributed by atoms with Crippen molar-refractivity contribution in [2.24, 2.45) is 23.2 Å². The minimum atomic E-state index is -0.469. The summed E-state index contributed by atoms with van der Waals surface area (Å²) in [5.41, 5.74) is 0.708. The van der Waals surface area contributed by atoms with Crippen LogP contribution in [0.2, 0.25) is 0 Å². The van der Waals surface area contributed by atoms with E-state index in [4.69, 9.17) is 4.74 Å². The third-order valence-corrected chi connectivity index (χ3v) is 7.27. The summed E-state index contributed by atoms with van der Waals surface area (Å²) in [7, 11) is 0. The molecule has 0 spiro atoms. The lowest BCUT2D eigenvalue weighted by molar-refractivity contribution is -0.128. The molecule has 0 heterocycles. The first kappa shape index (κ1) is 18.0. The normalized spacial score (nSPS) is 32.9. The standard InChI is InChI=1S/C21H26BrNO3/c1-13(21-9-14-5-15(10-21)7-16(6-14)11-21)23-19(24)12-26-20(25)17-3-2-4-18(22)8-17/h2-4,8,13-16H,5-7,9-12H2,1H3,(H,23,24)/t13-,14?,15?,16?,21?/m0/s1. The van der Waals surface area contributed by atoms with E-state index in [0.29, 0.717) is 5.56 Å². The topological polar surface area (TPSA) is 55.4 Å². The van der Waals surface area contributed by atoms with Crippen molar-refractivity contribution >= 4 is 27.8 Å². The molecule has 4 saturated carbocycles. The maximum absolute atomic E-state index is 12.4. The van der Waals surface area contributed by atoms with E-state index in [-0.39, 0.29) is 24.0 Å². The summed E-state index contributed by atoms with van der Waals surface area (Å²) in [6.45, 7) is 1.92. The summed E-state index contributed by atoms with van der Waals surface area (Å²) in [6.07, 6.45) is 7.92. The number of ether oxygens (including phenoxy) is 1. The van der Waals surface area contributed by atoms with E-state index in [2.05, 4.69) is 28.2 Å². The van der Waals surface area contributed by atoms with Gasteiger partial charge in [-0.05, 0) is 86.8 Å².